The highest BCUT2D eigenvalue weighted by molar-refractivity contribution is 5.94. The van der Waals surface area contributed by atoms with Crippen LogP contribution < -0.4 is 15.6 Å². The van der Waals surface area contributed by atoms with E-state index in [-0.39, 0.29) is 24.6 Å². The molecule has 0 saturated heterocycles. The Morgan fingerprint density at radius 3 is 2.68 bits per heavy atom. The SMILES string of the molecule is CCOc1ccc(-c2ccc(=O)n(CCNC(=O)c3c(C)nc4ccccn34)n2)cc1. The molecule has 31 heavy (non-hydrogen) atoms. The highest BCUT2D eigenvalue weighted by Gasteiger charge is 2.16. The van der Waals surface area contributed by atoms with E-state index in [1.807, 2.05) is 49.4 Å². The average molecular weight is 417 g/mol. The largest absolute Gasteiger partial charge is 0.494 e. The number of amides is 1. The van der Waals surface area contributed by atoms with Crippen LogP contribution in [0.3, 0.4) is 0 Å². The Morgan fingerprint density at radius 1 is 1.10 bits per heavy atom. The van der Waals surface area contributed by atoms with Crippen molar-refractivity contribution in [1.29, 1.82) is 0 Å². The Morgan fingerprint density at radius 2 is 1.90 bits per heavy atom. The Balaban J connectivity index is 1.46. The topological polar surface area (TPSA) is 90.5 Å². The van der Waals surface area contributed by atoms with E-state index in [1.165, 1.54) is 10.7 Å². The van der Waals surface area contributed by atoms with Crippen LogP contribution in [0.25, 0.3) is 16.9 Å². The fourth-order valence-corrected chi connectivity index (χ4v) is 3.40. The van der Waals surface area contributed by atoms with Gasteiger partial charge in [0.15, 0.2) is 0 Å². The van der Waals surface area contributed by atoms with Gasteiger partial charge >= 0.3 is 0 Å². The summed E-state index contributed by atoms with van der Waals surface area (Å²) in [5.41, 5.74) is 3.17. The monoisotopic (exact) mass is 417 g/mol. The summed E-state index contributed by atoms with van der Waals surface area (Å²) in [6, 6.07) is 16.3. The maximum Gasteiger partial charge on any atom is 0.270 e. The Bertz CT molecular complexity index is 1270. The standard InChI is InChI=1S/C23H23N5O3/c1-3-31-18-9-7-17(8-10-18)19-11-12-21(29)28(26-19)15-13-24-23(30)22-16(2)25-20-6-4-5-14-27(20)22/h4-12,14H,3,13,15H2,1-2H3,(H,24,30). The molecule has 0 fully saturated rings. The van der Waals surface area contributed by atoms with Gasteiger partial charge in [-0.2, -0.15) is 5.10 Å². The van der Waals surface area contributed by atoms with Crippen LogP contribution >= 0.6 is 0 Å². The lowest BCUT2D eigenvalue weighted by Crippen LogP contribution is -2.32. The highest BCUT2D eigenvalue weighted by Crippen LogP contribution is 2.19. The third kappa shape index (κ3) is 4.32. The third-order valence-corrected chi connectivity index (χ3v) is 4.86. The number of aromatic nitrogens is 4. The number of carbonyl (C=O) groups excluding carboxylic acids is 1. The third-order valence-electron chi connectivity index (χ3n) is 4.86. The van der Waals surface area contributed by atoms with E-state index in [2.05, 4.69) is 15.4 Å². The predicted octanol–water partition coefficient (Wildman–Crippen LogP) is 2.70. The first-order chi connectivity index (χ1) is 15.1. The lowest BCUT2D eigenvalue weighted by molar-refractivity contribution is 0.0945. The van der Waals surface area contributed by atoms with Crippen LogP contribution in [0.2, 0.25) is 0 Å². The molecule has 158 valence electrons. The van der Waals surface area contributed by atoms with Crippen LogP contribution in [0, 0.1) is 6.92 Å². The summed E-state index contributed by atoms with van der Waals surface area (Å²) in [6.07, 6.45) is 1.80. The van der Waals surface area contributed by atoms with Gasteiger partial charge in [-0.3, -0.25) is 14.0 Å². The molecule has 0 aliphatic carbocycles. The van der Waals surface area contributed by atoms with E-state index in [0.29, 0.717) is 29.3 Å². The summed E-state index contributed by atoms with van der Waals surface area (Å²) in [5, 5.41) is 7.30. The first-order valence-electron chi connectivity index (χ1n) is 10.1. The number of pyridine rings is 1. The molecule has 0 bridgehead atoms. The van der Waals surface area contributed by atoms with Gasteiger partial charge in [0, 0.05) is 24.4 Å². The van der Waals surface area contributed by atoms with Gasteiger partial charge in [0.1, 0.15) is 17.1 Å². The highest BCUT2D eigenvalue weighted by atomic mass is 16.5. The molecule has 8 heteroatoms. The number of imidazole rings is 1. The van der Waals surface area contributed by atoms with E-state index in [4.69, 9.17) is 4.74 Å². The second-order valence-electron chi connectivity index (χ2n) is 6.97. The van der Waals surface area contributed by atoms with Gasteiger partial charge < -0.3 is 10.1 Å². The molecule has 3 heterocycles. The maximum atomic E-state index is 12.7. The van der Waals surface area contributed by atoms with Gasteiger partial charge in [0.05, 0.1) is 24.5 Å². The van der Waals surface area contributed by atoms with E-state index in [9.17, 15) is 9.59 Å². The van der Waals surface area contributed by atoms with Crippen molar-refractivity contribution in [3.05, 3.63) is 82.5 Å². The summed E-state index contributed by atoms with van der Waals surface area (Å²) in [4.78, 5) is 29.3. The minimum atomic E-state index is -0.244. The number of ether oxygens (including phenoxy) is 1. The molecule has 1 amide bonds. The van der Waals surface area contributed by atoms with Crippen LogP contribution in [-0.4, -0.2) is 38.2 Å². The van der Waals surface area contributed by atoms with Gasteiger partial charge in [0.25, 0.3) is 11.5 Å². The first kappa shape index (κ1) is 20.3. The molecule has 1 aromatic carbocycles. The maximum absolute atomic E-state index is 12.7. The van der Waals surface area contributed by atoms with E-state index >= 15 is 0 Å². The summed E-state index contributed by atoms with van der Waals surface area (Å²) in [5.74, 6) is 0.539. The predicted molar refractivity (Wildman–Crippen MR) is 117 cm³/mol. The molecular weight excluding hydrogens is 394 g/mol. The van der Waals surface area contributed by atoms with Crippen LogP contribution in [0.1, 0.15) is 23.1 Å². The Labute approximate surface area is 179 Å². The van der Waals surface area contributed by atoms with Gasteiger partial charge in [-0.05, 0) is 56.3 Å². The molecule has 1 N–H and O–H groups in total. The van der Waals surface area contributed by atoms with Crippen LogP contribution in [0.15, 0.2) is 65.6 Å². The smallest absolute Gasteiger partial charge is 0.270 e. The summed E-state index contributed by atoms with van der Waals surface area (Å²) >= 11 is 0. The van der Waals surface area contributed by atoms with Crippen molar-refractivity contribution in [3.63, 3.8) is 0 Å². The normalized spacial score (nSPS) is 10.9. The van der Waals surface area contributed by atoms with Crippen molar-refractivity contribution in [1.82, 2.24) is 24.5 Å². The summed E-state index contributed by atoms with van der Waals surface area (Å²) < 4.78 is 8.57. The Kier molecular flexibility index (Phi) is 5.79. The summed E-state index contributed by atoms with van der Waals surface area (Å²) in [7, 11) is 0. The second kappa shape index (κ2) is 8.83. The van der Waals surface area contributed by atoms with Gasteiger partial charge in [0.2, 0.25) is 0 Å². The number of carbonyl (C=O) groups is 1. The number of aryl methyl sites for hydroxylation is 1. The molecule has 0 radical (unpaired) electrons. The number of hydrogen-bond donors (Lipinski definition) is 1. The molecule has 3 aromatic heterocycles. The lowest BCUT2D eigenvalue weighted by Gasteiger charge is -2.09. The van der Waals surface area contributed by atoms with Crippen molar-refractivity contribution in [3.8, 4) is 17.0 Å². The second-order valence-corrected chi connectivity index (χ2v) is 6.97. The molecule has 4 aromatic rings. The quantitative estimate of drug-likeness (QED) is 0.499. The van der Waals surface area contributed by atoms with Crippen LogP contribution in [0.4, 0.5) is 0 Å². The number of hydrogen-bond acceptors (Lipinski definition) is 5. The van der Waals surface area contributed by atoms with Crippen molar-refractivity contribution in [2.75, 3.05) is 13.2 Å². The van der Waals surface area contributed by atoms with Crippen LogP contribution in [-0.2, 0) is 6.54 Å². The zero-order chi connectivity index (χ0) is 21.8. The lowest BCUT2D eigenvalue weighted by atomic mass is 10.1. The van der Waals surface area contributed by atoms with Crippen molar-refractivity contribution in [2.24, 2.45) is 0 Å². The molecule has 0 aliphatic heterocycles. The fourth-order valence-electron chi connectivity index (χ4n) is 3.40. The molecule has 0 aliphatic rings. The molecule has 4 rings (SSSR count). The van der Waals surface area contributed by atoms with Crippen LogP contribution in [0.5, 0.6) is 5.75 Å². The molecule has 0 unspecified atom stereocenters. The molecule has 0 atom stereocenters. The Hall–Kier alpha value is -3.94. The number of nitrogens with zero attached hydrogens (tertiary/aromatic N) is 4. The van der Waals surface area contributed by atoms with Crippen molar-refractivity contribution < 1.29 is 9.53 Å². The molecular formula is C23H23N5O3. The minimum Gasteiger partial charge on any atom is -0.494 e. The number of benzene rings is 1. The molecule has 8 nitrogen and oxygen atoms in total. The number of rotatable bonds is 7. The first-order valence-corrected chi connectivity index (χ1v) is 10.1. The summed E-state index contributed by atoms with van der Waals surface area (Å²) in [6.45, 7) is 4.85. The number of fused-ring (bicyclic) bond motifs is 1. The molecule has 0 spiro atoms. The van der Waals surface area contributed by atoms with E-state index < -0.39 is 0 Å². The van der Waals surface area contributed by atoms with Crippen molar-refractivity contribution >= 4 is 11.6 Å². The van der Waals surface area contributed by atoms with Crippen molar-refractivity contribution in [2.45, 2.75) is 20.4 Å². The fraction of sp³-hybridized carbons (Fsp3) is 0.217. The van der Waals surface area contributed by atoms with Gasteiger partial charge in [-0.1, -0.05) is 6.07 Å². The van der Waals surface area contributed by atoms with Gasteiger partial charge in [-0.25, -0.2) is 9.67 Å². The molecule has 0 saturated carbocycles. The minimum absolute atomic E-state index is 0.227. The zero-order valence-electron chi connectivity index (χ0n) is 17.4. The average Bonchev–Trinajstić information content (AvgIpc) is 3.11. The van der Waals surface area contributed by atoms with Gasteiger partial charge in [-0.15, -0.1) is 0 Å². The van der Waals surface area contributed by atoms with E-state index in [1.54, 1.807) is 23.6 Å². The zero-order valence-corrected chi connectivity index (χ0v) is 17.4. The number of nitrogens with one attached hydrogen (secondary N) is 1. The van der Waals surface area contributed by atoms with E-state index in [0.717, 1.165) is 11.3 Å².